The van der Waals surface area contributed by atoms with Crippen LogP contribution in [0.15, 0.2) is 48.9 Å². The van der Waals surface area contributed by atoms with Gasteiger partial charge in [-0.05, 0) is 17.7 Å². The molecule has 18 heavy (non-hydrogen) atoms. The first-order valence-electron chi connectivity index (χ1n) is 5.60. The Balaban J connectivity index is 1.85. The summed E-state index contributed by atoms with van der Waals surface area (Å²) in [4.78, 5) is 4.31. The molecule has 0 saturated heterocycles. The van der Waals surface area contributed by atoms with Crippen molar-refractivity contribution in [2.24, 2.45) is 0 Å². The smallest absolute Gasteiger partial charge is 0.152 e. The van der Waals surface area contributed by atoms with Crippen molar-refractivity contribution in [3.8, 4) is 0 Å². The monoisotopic (exact) mass is 258 g/mol. The van der Waals surface area contributed by atoms with Gasteiger partial charge in [-0.3, -0.25) is 0 Å². The van der Waals surface area contributed by atoms with E-state index < -0.39 is 0 Å². The largest absolute Gasteiger partial charge is 0.364 e. The number of halogens is 1. The molecule has 5 heteroatoms. The molecule has 90 valence electrons. The van der Waals surface area contributed by atoms with Crippen molar-refractivity contribution in [1.82, 2.24) is 14.6 Å². The maximum Gasteiger partial charge on any atom is 0.152 e. The van der Waals surface area contributed by atoms with Gasteiger partial charge in [-0.25, -0.2) is 9.50 Å². The van der Waals surface area contributed by atoms with Gasteiger partial charge in [-0.1, -0.05) is 29.8 Å². The highest BCUT2D eigenvalue weighted by Gasteiger charge is 2.04. The predicted octanol–water partition coefficient (Wildman–Crippen LogP) is 2.99. The Bertz CT molecular complexity index is 677. The Kier molecular flexibility index (Phi) is 2.86. The Morgan fingerprint density at radius 1 is 1.17 bits per heavy atom. The second-order valence-corrected chi connectivity index (χ2v) is 4.29. The number of nitrogens with one attached hydrogen (secondary N) is 1. The number of anilines is 1. The zero-order valence-corrected chi connectivity index (χ0v) is 10.3. The van der Waals surface area contributed by atoms with Crippen LogP contribution in [0.3, 0.4) is 0 Å². The van der Waals surface area contributed by atoms with E-state index in [9.17, 15) is 0 Å². The summed E-state index contributed by atoms with van der Waals surface area (Å²) in [6, 6.07) is 9.68. The van der Waals surface area contributed by atoms with Crippen LogP contribution in [-0.2, 0) is 6.54 Å². The SMILES string of the molecule is Clc1ccccc1CNc1nccn2nccc12. The number of rotatable bonds is 3. The summed E-state index contributed by atoms with van der Waals surface area (Å²) in [6.45, 7) is 0.636. The fraction of sp³-hybridized carbons (Fsp3) is 0.0769. The number of benzene rings is 1. The minimum absolute atomic E-state index is 0.636. The van der Waals surface area contributed by atoms with E-state index in [0.717, 1.165) is 21.9 Å². The molecule has 0 saturated carbocycles. The second kappa shape index (κ2) is 4.66. The van der Waals surface area contributed by atoms with Crippen LogP contribution >= 0.6 is 11.6 Å². The van der Waals surface area contributed by atoms with Crippen LogP contribution in [0, 0.1) is 0 Å². The minimum atomic E-state index is 0.636. The Morgan fingerprint density at radius 2 is 2.06 bits per heavy atom. The van der Waals surface area contributed by atoms with Crippen molar-refractivity contribution < 1.29 is 0 Å². The zero-order valence-electron chi connectivity index (χ0n) is 9.55. The van der Waals surface area contributed by atoms with Crippen molar-refractivity contribution in [2.45, 2.75) is 6.54 Å². The fourth-order valence-corrected chi connectivity index (χ4v) is 2.02. The molecule has 2 heterocycles. The van der Waals surface area contributed by atoms with Gasteiger partial charge in [0.2, 0.25) is 0 Å². The van der Waals surface area contributed by atoms with E-state index in [1.165, 1.54) is 0 Å². The minimum Gasteiger partial charge on any atom is -0.364 e. The summed E-state index contributed by atoms with van der Waals surface area (Å²) < 4.78 is 1.78. The van der Waals surface area contributed by atoms with Crippen LogP contribution in [0.4, 0.5) is 5.82 Å². The third kappa shape index (κ3) is 2.02. The molecule has 1 N–H and O–H groups in total. The molecule has 0 unspecified atom stereocenters. The number of nitrogens with zero attached hydrogens (tertiary/aromatic N) is 3. The fourth-order valence-electron chi connectivity index (χ4n) is 1.81. The number of fused-ring (bicyclic) bond motifs is 1. The Hall–Kier alpha value is -2.07. The number of hydrogen-bond donors (Lipinski definition) is 1. The number of aromatic nitrogens is 3. The van der Waals surface area contributed by atoms with Gasteiger partial charge in [0.15, 0.2) is 5.82 Å². The summed E-state index contributed by atoms with van der Waals surface area (Å²) in [5.41, 5.74) is 1.99. The zero-order chi connectivity index (χ0) is 12.4. The third-order valence-corrected chi connectivity index (χ3v) is 3.10. The van der Waals surface area contributed by atoms with E-state index in [2.05, 4.69) is 15.4 Å². The standard InChI is InChI=1S/C13H11ClN4/c14-11-4-2-1-3-10(11)9-16-13-12-5-6-17-18(12)8-7-15-13/h1-8H,9H2,(H,15,16). The first kappa shape index (κ1) is 11.0. The van der Waals surface area contributed by atoms with Crippen molar-refractivity contribution in [1.29, 1.82) is 0 Å². The highest BCUT2D eigenvalue weighted by Crippen LogP contribution is 2.18. The van der Waals surface area contributed by atoms with Gasteiger partial charge in [-0.2, -0.15) is 5.10 Å². The van der Waals surface area contributed by atoms with Crippen molar-refractivity contribution in [3.63, 3.8) is 0 Å². The molecule has 3 aromatic rings. The van der Waals surface area contributed by atoms with E-state index in [0.29, 0.717) is 6.54 Å². The van der Waals surface area contributed by atoms with E-state index in [-0.39, 0.29) is 0 Å². The van der Waals surface area contributed by atoms with Crippen LogP contribution < -0.4 is 5.32 Å². The lowest BCUT2D eigenvalue weighted by Crippen LogP contribution is -2.03. The molecule has 0 aliphatic rings. The quantitative estimate of drug-likeness (QED) is 0.785. The normalized spacial score (nSPS) is 10.7. The molecule has 0 radical (unpaired) electrons. The van der Waals surface area contributed by atoms with Crippen molar-refractivity contribution in [3.05, 3.63) is 59.5 Å². The van der Waals surface area contributed by atoms with Gasteiger partial charge >= 0.3 is 0 Å². The van der Waals surface area contributed by atoms with Gasteiger partial charge < -0.3 is 5.32 Å². The second-order valence-electron chi connectivity index (χ2n) is 3.88. The first-order chi connectivity index (χ1) is 8.84. The molecule has 1 aromatic carbocycles. The van der Waals surface area contributed by atoms with Gasteiger partial charge in [-0.15, -0.1) is 0 Å². The average Bonchev–Trinajstić information content (AvgIpc) is 2.86. The van der Waals surface area contributed by atoms with Crippen LogP contribution in [-0.4, -0.2) is 14.6 Å². The van der Waals surface area contributed by atoms with Crippen molar-refractivity contribution >= 4 is 22.9 Å². The summed E-state index contributed by atoms with van der Waals surface area (Å²) in [5.74, 6) is 0.801. The average molecular weight is 259 g/mol. The van der Waals surface area contributed by atoms with Crippen LogP contribution in [0.5, 0.6) is 0 Å². The molecule has 0 atom stereocenters. The molecular weight excluding hydrogens is 248 g/mol. The molecule has 4 nitrogen and oxygen atoms in total. The molecule has 0 aliphatic carbocycles. The molecule has 0 amide bonds. The van der Waals surface area contributed by atoms with Crippen LogP contribution in [0.2, 0.25) is 5.02 Å². The topological polar surface area (TPSA) is 42.2 Å². The van der Waals surface area contributed by atoms with Crippen LogP contribution in [0.1, 0.15) is 5.56 Å². The molecule has 2 aromatic heterocycles. The Labute approximate surface area is 109 Å². The van der Waals surface area contributed by atoms with E-state index in [4.69, 9.17) is 11.6 Å². The molecule has 0 bridgehead atoms. The molecule has 0 aliphatic heterocycles. The highest BCUT2D eigenvalue weighted by molar-refractivity contribution is 6.31. The van der Waals surface area contributed by atoms with Gasteiger partial charge in [0, 0.05) is 24.0 Å². The first-order valence-corrected chi connectivity index (χ1v) is 5.98. The Morgan fingerprint density at radius 3 is 2.94 bits per heavy atom. The van der Waals surface area contributed by atoms with Gasteiger partial charge in [0.1, 0.15) is 5.52 Å². The predicted molar refractivity (Wildman–Crippen MR) is 71.8 cm³/mol. The lowest BCUT2D eigenvalue weighted by molar-refractivity contribution is 0.942. The molecule has 0 fully saturated rings. The van der Waals surface area contributed by atoms with Crippen molar-refractivity contribution in [2.75, 3.05) is 5.32 Å². The molecular formula is C13H11ClN4. The maximum absolute atomic E-state index is 6.11. The molecule has 3 rings (SSSR count). The van der Waals surface area contributed by atoms with Gasteiger partial charge in [0.25, 0.3) is 0 Å². The van der Waals surface area contributed by atoms with E-state index >= 15 is 0 Å². The van der Waals surface area contributed by atoms with Gasteiger partial charge in [0.05, 0.1) is 6.20 Å². The van der Waals surface area contributed by atoms with Crippen LogP contribution in [0.25, 0.3) is 5.52 Å². The maximum atomic E-state index is 6.11. The summed E-state index contributed by atoms with van der Waals surface area (Å²) in [5, 5.41) is 8.19. The lowest BCUT2D eigenvalue weighted by Gasteiger charge is -2.08. The summed E-state index contributed by atoms with van der Waals surface area (Å²) >= 11 is 6.11. The van der Waals surface area contributed by atoms with E-state index in [1.54, 1.807) is 16.9 Å². The highest BCUT2D eigenvalue weighted by atomic mass is 35.5. The summed E-state index contributed by atoms with van der Waals surface area (Å²) in [6.07, 6.45) is 5.28. The summed E-state index contributed by atoms with van der Waals surface area (Å²) in [7, 11) is 0. The van der Waals surface area contributed by atoms with E-state index in [1.807, 2.05) is 36.5 Å². The number of hydrogen-bond acceptors (Lipinski definition) is 3. The third-order valence-electron chi connectivity index (χ3n) is 2.73. The molecule has 0 spiro atoms. The lowest BCUT2D eigenvalue weighted by atomic mass is 10.2.